The first-order chi connectivity index (χ1) is 4.61. The molecular formula is C8H16N2. The second-order valence-corrected chi connectivity index (χ2v) is 3.76. The van der Waals surface area contributed by atoms with E-state index in [4.69, 9.17) is 0 Å². The van der Waals surface area contributed by atoms with E-state index in [0.717, 1.165) is 19.6 Å². The van der Waals surface area contributed by atoms with Gasteiger partial charge in [0, 0.05) is 24.2 Å². The Kier molecular flexibility index (Phi) is 2.09. The molecule has 0 saturated heterocycles. The van der Waals surface area contributed by atoms with Crippen LogP contribution in [0.15, 0.2) is 4.99 Å². The van der Waals surface area contributed by atoms with E-state index < -0.39 is 0 Å². The van der Waals surface area contributed by atoms with Crippen molar-refractivity contribution in [2.45, 2.75) is 20.8 Å². The fraction of sp³-hybridized carbons (Fsp3) is 0.875. The minimum absolute atomic E-state index is 0.257. The summed E-state index contributed by atoms with van der Waals surface area (Å²) in [5, 5.41) is 3.31. The maximum atomic E-state index is 4.45. The molecule has 1 aliphatic heterocycles. The maximum Gasteiger partial charge on any atom is 0.0514 e. The molecule has 1 aliphatic rings. The Bertz CT molecular complexity index is 142. The molecule has 2 nitrogen and oxygen atoms in total. The summed E-state index contributed by atoms with van der Waals surface area (Å²) in [6.45, 7) is 9.59. The summed E-state index contributed by atoms with van der Waals surface area (Å²) < 4.78 is 0. The predicted octanol–water partition coefficient (Wildman–Crippen LogP) is 1.08. The Morgan fingerprint density at radius 1 is 1.40 bits per heavy atom. The van der Waals surface area contributed by atoms with E-state index in [0.29, 0.717) is 0 Å². The quantitative estimate of drug-likeness (QED) is 0.535. The lowest BCUT2D eigenvalue weighted by Gasteiger charge is -2.24. The lowest BCUT2D eigenvalue weighted by molar-refractivity contribution is 0.556. The third-order valence-corrected chi connectivity index (χ3v) is 1.75. The molecule has 1 N–H and O–H groups in total. The molecule has 0 aliphatic carbocycles. The zero-order chi connectivity index (χ0) is 7.61. The molecule has 58 valence electrons. The predicted molar refractivity (Wildman–Crippen MR) is 44.6 cm³/mol. The van der Waals surface area contributed by atoms with E-state index in [9.17, 15) is 0 Å². The van der Waals surface area contributed by atoms with Crippen LogP contribution in [0.4, 0.5) is 0 Å². The highest BCUT2D eigenvalue weighted by Crippen LogP contribution is 2.16. The largest absolute Gasteiger partial charge is 0.310 e. The van der Waals surface area contributed by atoms with E-state index in [-0.39, 0.29) is 5.41 Å². The summed E-state index contributed by atoms with van der Waals surface area (Å²) in [5.41, 5.74) is 1.56. The Morgan fingerprint density at radius 2 is 2.10 bits per heavy atom. The van der Waals surface area contributed by atoms with Gasteiger partial charge >= 0.3 is 0 Å². The molecule has 0 bridgehead atoms. The van der Waals surface area contributed by atoms with Gasteiger partial charge in [-0.1, -0.05) is 20.8 Å². The van der Waals surface area contributed by atoms with Crippen molar-refractivity contribution in [3.63, 3.8) is 0 Å². The van der Waals surface area contributed by atoms with Crippen molar-refractivity contribution < 1.29 is 0 Å². The van der Waals surface area contributed by atoms with Gasteiger partial charge in [-0.05, 0) is 0 Å². The molecule has 1 rings (SSSR count). The van der Waals surface area contributed by atoms with Gasteiger partial charge < -0.3 is 5.32 Å². The van der Waals surface area contributed by atoms with Gasteiger partial charge in [0.25, 0.3) is 0 Å². The van der Waals surface area contributed by atoms with E-state index in [1.54, 1.807) is 0 Å². The minimum atomic E-state index is 0.257. The van der Waals surface area contributed by atoms with Crippen molar-refractivity contribution in [2.75, 3.05) is 19.6 Å². The normalized spacial score (nSPS) is 20.5. The van der Waals surface area contributed by atoms with Crippen LogP contribution in [-0.4, -0.2) is 25.3 Å². The van der Waals surface area contributed by atoms with Crippen molar-refractivity contribution in [3.8, 4) is 0 Å². The second kappa shape index (κ2) is 2.70. The highest BCUT2D eigenvalue weighted by Gasteiger charge is 2.19. The van der Waals surface area contributed by atoms with Crippen molar-refractivity contribution in [1.82, 2.24) is 5.32 Å². The van der Waals surface area contributed by atoms with Crippen LogP contribution in [0, 0.1) is 5.41 Å². The molecule has 0 aromatic carbocycles. The van der Waals surface area contributed by atoms with Gasteiger partial charge in [-0.2, -0.15) is 0 Å². The zero-order valence-corrected chi connectivity index (χ0v) is 7.07. The summed E-state index contributed by atoms with van der Waals surface area (Å²) in [6, 6.07) is 0. The second-order valence-electron chi connectivity index (χ2n) is 3.76. The zero-order valence-electron chi connectivity index (χ0n) is 7.07. The van der Waals surface area contributed by atoms with Gasteiger partial charge in [-0.3, -0.25) is 4.99 Å². The molecule has 0 atom stereocenters. The lowest BCUT2D eigenvalue weighted by atomic mass is 9.89. The first-order valence-corrected chi connectivity index (χ1v) is 3.85. The molecule has 0 amide bonds. The van der Waals surface area contributed by atoms with Gasteiger partial charge in [0.15, 0.2) is 0 Å². The number of hydrogen-bond acceptors (Lipinski definition) is 2. The van der Waals surface area contributed by atoms with Crippen LogP contribution >= 0.6 is 0 Å². The Morgan fingerprint density at radius 3 is 2.40 bits per heavy atom. The molecule has 0 aromatic heterocycles. The average molecular weight is 140 g/mol. The van der Waals surface area contributed by atoms with E-state index in [1.807, 2.05) is 0 Å². The van der Waals surface area contributed by atoms with Gasteiger partial charge in [0.05, 0.1) is 6.54 Å². The van der Waals surface area contributed by atoms with Crippen LogP contribution in [0.25, 0.3) is 0 Å². The van der Waals surface area contributed by atoms with Crippen LogP contribution < -0.4 is 5.32 Å². The number of nitrogens with one attached hydrogen (secondary N) is 1. The average Bonchev–Trinajstić information content (AvgIpc) is 1.88. The smallest absolute Gasteiger partial charge is 0.0514 e. The van der Waals surface area contributed by atoms with Crippen LogP contribution in [0.1, 0.15) is 20.8 Å². The number of aliphatic imine (C=N–C) groups is 1. The maximum absolute atomic E-state index is 4.45. The van der Waals surface area contributed by atoms with Gasteiger partial charge in [0.2, 0.25) is 0 Å². The summed E-state index contributed by atoms with van der Waals surface area (Å²) >= 11 is 0. The van der Waals surface area contributed by atoms with E-state index >= 15 is 0 Å². The highest BCUT2D eigenvalue weighted by atomic mass is 15.0. The van der Waals surface area contributed by atoms with Crippen molar-refractivity contribution in [2.24, 2.45) is 10.4 Å². The lowest BCUT2D eigenvalue weighted by Crippen LogP contribution is -2.37. The first kappa shape index (κ1) is 7.73. The Labute approximate surface area is 62.7 Å². The van der Waals surface area contributed by atoms with Crippen LogP contribution in [0.3, 0.4) is 0 Å². The van der Waals surface area contributed by atoms with Gasteiger partial charge in [-0.25, -0.2) is 0 Å². The molecule has 0 spiro atoms. The molecule has 1 heterocycles. The van der Waals surface area contributed by atoms with Crippen molar-refractivity contribution in [3.05, 3.63) is 0 Å². The molecule has 0 saturated carbocycles. The molecule has 0 unspecified atom stereocenters. The summed E-state index contributed by atoms with van der Waals surface area (Å²) in [4.78, 5) is 4.45. The number of hydrogen-bond donors (Lipinski definition) is 1. The third-order valence-electron chi connectivity index (χ3n) is 1.75. The third kappa shape index (κ3) is 1.81. The van der Waals surface area contributed by atoms with Crippen molar-refractivity contribution >= 4 is 5.71 Å². The molecule has 0 fully saturated rings. The Hall–Kier alpha value is -0.370. The molecule has 0 aromatic rings. The van der Waals surface area contributed by atoms with Gasteiger partial charge in [-0.15, -0.1) is 0 Å². The molecular weight excluding hydrogens is 124 g/mol. The topological polar surface area (TPSA) is 24.4 Å². The number of rotatable bonds is 0. The monoisotopic (exact) mass is 140 g/mol. The molecule has 2 heteroatoms. The molecule has 10 heavy (non-hydrogen) atoms. The number of nitrogens with zero attached hydrogens (tertiary/aromatic N) is 1. The van der Waals surface area contributed by atoms with E-state index in [2.05, 4.69) is 31.1 Å². The summed E-state index contributed by atoms with van der Waals surface area (Å²) in [6.07, 6.45) is 0. The minimum Gasteiger partial charge on any atom is -0.310 e. The van der Waals surface area contributed by atoms with Crippen LogP contribution in [-0.2, 0) is 0 Å². The molecule has 0 radical (unpaired) electrons. The van der Waals surface area contributed by atoms with Crippen molar-refractivity contribution in [1.29, 1.82) is 0 Å². The highest BCUT2D eigenvalue weighted by molar-refractivity contribution is 5.91. The fourth-order valence-corrected chi connectivity index (χ4v) is 1.03. The SMILES string of the molecule is CC(C)(C)C1=NCCNC1. The van der Waals surface area contributed by atoms with Crippen LogP contribution in [0.2, 0.25) is 0 Å². The first-order valence-electron chi connectivity index (χ1n) is 3.85. The van der Waals surface area contributed by atoms with Gasteiger partial charge in [0.1, 0.15) is 0 Å². The standard InChI is InChI=1S/C8H16N2/c1-8(2,3)7-6-9-4-5-10-7/h9H,4-6H2,1-3H3. The summed E-state index contributed by atoms with van der Waals surface area (Å²) in [7, 11) is 0. The summed E-state index contributed by atoms with van der Waals surface area (Å²) in [5.74, 6) is 0. The Balaban J connectivity index is 2.62. The van der Waals surface area contributed by atoms with E-state index in [1.165, 1.54) is 5.71 Å². The van der Waals surface area contributed by atoms with Crippen LogP contribution in [0.5, 0.6) is 0 Å². The fourth-order valence-electron chi connectivity index (χ4n) is 1.03.